The summed E-state index contributed by atoms with van der Waals surface area (Å²) < 4.78 is 1.46. The third-order valence-corrected chi connectivity index (χ3v) is 2.88. The van der Waals surface area contributed by atoms with Gasteiger partial charge in [-0.25, -0.2) is 0 Å². The van der Waals surface area contributed by atoms with Crippen molar-refractivity contribution in [3.63, 3.8) is 0 Å². The lowest BCUT2D eigenvalue weighted by atomic mass is 9.95. The average Bonchev–Trinajstić information content (AvgIpc) is 2.76. The fraction of sp³-hybridized carbons (Fsp3) is 0.583. The molecule has 106 valence electrons. The second kappa shape index (κ2) is 6.89. The molecule has 0 fully saturated rings. The van der Waals surface area contributed by atoms with Gasteiger partial charge in [-0.2, -0.15) is 5.10 Å². The summed E-state index contributed by atoms with van der Waals surface area (Å²) in [4.78, 5) is 23.1. The molecule has 0 spiro atoms. The zero-order valence-corrected chi connectivity index (χ0v) is 11.5. The van der Waals surface area contributed by atoms with Gasteiger partial charge in [0.15, 0.2) is 0 Å². The minimum atomic E-state index is -0.234. The summed E-state index contributed by atoms with van der Waals surface area (Å²) >= 11 is 0. The predicted molar refractivity (Wildman–Crippen MR) is 72.3 cm³/mol. The largest absolute Gasteiger partial charge is 0.358 e. The monoisotopic (exact) mass is 267 g/mol. The van der Waals surface area contributed by atoms with E-state index >= 15 is 0 Å². The molecule has 0 aromatic carbocycles. The Morgan fingerprint density at radius 2 is 2.16 bits per heavy atom. The molecule has 0 aliphatic rings. The molecule has 1 rings (SSSR count). The van der Waals surface area contributed by atoms with E-state index in [2.05, 4.69) is 15.7 Å². The minimum absolute atomic E-state index is 0.122. The van der Waals surface area contributed by atoms with E-state index in [9.17, 15) is 9.59 Å². The fourth-order valence-electron chi connectivity index (χ4n) is 1.66. The highest BCUT2D eigenvalue weighted by atomic mass is 16.2. The summed E-state index contributed by atoms with van der Waals surface area (Å²) in [5.41, 5.74) is 6.15. The molecular formula is C12H21N5O2. The van der Waals surface area contributed by atoms with E-state index in [1.54, 1.807) is 13.2 Å². The number of hydrogen-bond donors (Lipinski definition) is 3. The number of carbonyl (C=O) groups is 2. The first-order valence-electron chi connectivity index (χ1n) is 6.21. The van der Waals surface area contributed by atoms with Gasteiger partial charge in [-0.3, -0.25) is 14.3 Å². The van der Waals surface area contributed by atoms with Gasteiger partial charge in [0.1, 0.15) is 6.54 Å². The van der Waals surface area contributed by atoms with Crippen molar-refractivity contribution in [3.8, 4) is 0 Å². The lowest BCUT2D eigenvalue weighted by Crippen LogP contribution is -2.32. The molecule has 4 N–H and O–H groups in total. The summed E-state index contributed by atoms with van der Waals surface area (Å²) in [5, 5.41) is 9.25. The van der Waals surface area contributed by atoms with E-state index in [0.717, 1.165) is 0 Å². The topological polar surface area (TPSA) is 102 Å². The summed E-state index contributed by atoms with van der Waals surface area (Å²) in [6.45, 7) is 4.32. The highest BCUT2D eigenvalue weighted by molar-refractivity contribution is 5.92. The summed E-state index contributed by atoms with van der Waals surface area (Å²) in [7, 11) is 1.56. The molecule has 1 heterocycles. The number of anilines is 1. The highest BCUT2D eigenvalue weighted by Crippen LogP contribution is 2.13. The predicted octanol–water partition coefficient (Wildman–Crippen LogP) is -0.201. The third-order valence-electron chi connectivity index (χ3n) is 2.88. The smallest absolute Gasteiger partial charge is 0.241 e. The van der Waals surface area contributed by atoms with Gasteiger partial charge in [-0.1, -0.05) is 13.8 Å². The van der Waals surface area contributed by atoms with Crippen LogP contribution in [0.2, 0.25) is 0 Å². The third kappa shape index (κ3) is 4.36. The van der Waals surface area contributed by atoms with Crippen LogP contribution in [0.3, 0.4) is 0 Å². The van der Waals surface area contributed by atoms with Crippen LogP contribution < -0.4 is 16.4 Å². The van der Waals surface area contributed by atoms with Crippen molar-refractivity contribution >= 4 is 17.5 Å². The lowest BCUT2D eigenvalue weighted by molar-refractivity contribution is -0.121. The molecule has 0 aliphatic heterocycles. The number of carbonyl (C=O) groups excluding carboxylic acids is 2. The molecule has 7 nitrogen and oxygen atoms in total. The van der Waals surface area contributed by atoms with Crippen molar-refractivity contribution in [2.75, 3.05) is 18.9 Å². The van der Waals surface area contributed by atoms with Crippen LogP contribution in [0.5, 0.6) is 0 Å². The Morgan fingerprint density at radius 3 is 2.68 bits per heavy atom. The van der Waals surface area contributed by atoms with Gasteiger partial charge in [-0.15, -0.1) is 0 Å². The second-order valence-corrected chi connectivity index (χ2v) is 4.68. The number of likely N-dealkylation sites (N-methyl/N-ethyl adjacent to an activating group) is 1. The standard InChI is InChI=1S/C12H21N5O2/c1-8(2)10(4-13)12(19)16-9-5-15-17(6-9)7-11(18)14-3/h5-6,8,10H,4,7,13H2,1-3H3,(H,14,18)(H,16,19). The Bertz CT molecular complexity index is 441. The number of hydrogen-bond acceptors (Lipinski definition) is 4. The van der Waals surface area contributed by atoms with Crippen LogP contribution in [-0.4, -0.2) is 35.2 Å². The Labute approximate surface area is 112 Å². The van der Waals surface area contributed by atoms with Crippen molar-refractivity contribution in [2.24, 2.45) is 17.6 Å². The second-order valence-electron chi connectivity index (χ2n) is 4.68. The summed E-state index contributed by atoms with van der Waals surface area (Å²) in [6, 6.07) is 0. The minimum Gasteiger partial charge on any atom is -0.358 e. The van der Waals surface area contributed by atoms with Crippen LogP contribution in [0.25, 0.3) is 0 Å². The van der Waals surface area contributed by atoms with Gasteiger partial charge in [0.05, 0.1) is 17.8 Å². The van der Waals surface area contributed by atoms with Crippen molar-refractivity contribution in [1.29, 1.82) is 0 Å². The van der Waals surface area contributed by atoms with Crippen LogP contribution in [0.4, 0.5) is 5.69 Å². The number of rotatable bonds is 6. The first-order valence-corrected chi connectivity index (χ1v) is 6.21. The van der Waals surface area contributed by atoms with Crippen LogP contribution >= 0.6 is 0 Å². The zero-order valence-electron chi connectivity index (χ0n) is 11.5. The molecule has 0 aliphatic carbocycles. The van der Waals surface area contributed by atoms with Crippen LogP contribution in [0.1, 0.15) is 13.8 Å². The van der Waals surface area contributed by atoms with Gasteiger partial charge < -0.3 is 16.4 Å². The van der Waals surface area contributed by atoms with Crippen LogP contribution in [0.15, 0.2) is 12.4 Å². The van der Waals surface area contributed by atoms with Crippen molar-refractivity contribution in [2.45, 2.75) is 20.4 Å². The van der Waals surface area contributed by atoms with Crippen molar-refractivity contribution in [1.82, 2.24) is 15.1 Å². The van der Waals surface area contributed by atoms with E-state index < -0.39 is 0 Å². The molecule has 0 bridgehead atoms. The van der Waals surface area contributed by atoms with Gasteiger partial charge in [0.25, 0.3) is 0 Å². The Kier molecular flexibility index (Phi) is 5.50. The fourth-order valence-corrected chi connectivity index (χ4v) is 1.66. The SMILES string of the molecule is CNC(=O)Cn1cc(NC(=O)C(CN)C(C)C)cn1. The van der Waals surface area contributed by atoms with E-state index in [1.165, 1.54) is 10.9 Å². The maximum Gasteiger partial charge on any atom is 0.241 e. The molecule has 1 aromatic heterocycles. The number of nitrogens with two attached hydrogens (primary N) is 1. The first kappa shape index (κ1) is 15.2. The van der Waals surface area contributed by atoms with E-state index in [1.807, 2.05) is 13.8 Å². The Balaban J connectivity index is 2.63. The van der Waals surface area contributed by atoms with Crippen molar-refractivity contribution in [3.05, 3.63) is 12.4 Å². The molecule has 19 heavy (non-hydrogen) atoms. The Morgan fingerprint density at radius 1 is 1.47 bits per heavy atom. The molecule has 1 unspecified atom stereocenters. The quantitative estimate of drug-likeness (QED) is 0.664. The maximum atomic E-state index is 12.0. The number of amides is 2. The van der Waals surface area contributed by atoms with Gasteiger partial charge >= 0.3 is 0 Å². The number of nitrogens with one attached hydrogen (secondary N) is 2. The molecule has 0 radical (unpaired) electrons. The highest BCUT2D eigenvalue weighted by Gasteiger charge is 2.20. The Hall–Kier alpha value is -1.89. The summed E-state index contributed by atoms with van der Waals surface area (Å²) in [6.07, 6.45) is 3.12. The number of nitrogens with zero attached hydrogens (tertiary/aromatic N) is 2. The summed E-state index contributed by atoms with van der Waals surface area (Å²) in [5.74, 6) is -0.340. The lowest BCUT2D eigenvalue weighted by Gasteiger charge is -2.17. The van der Waals surface area contributed by atoms with E-state index in [4.69, 9.17) is 5.73 Å². The van der Waals surface area contributed by atoms with E-state index in [-0.39, 0.29) is 30.2 Å². The molecule has 0 saturated carbocycles. The van der Waals surface area contributed by atoms with Crippen LogP contribution in [0, 0.1) is 11.8 Å². The normalized spacial score (nSPS) is 12.3. The molecule has 0 saturated heterocycles. The van der Waals surface area contributed by atoms with Gasteiger partial charge in [0.2, 0.25) is 11.8 Å². The zero-order chi connectivity index (χ0) is 14.4. The van der Waals surface area contributed by atoms with Crippen LogP contribution in [-0.2, 0) is 16.1 Å². The molecule has 2 amide bonds. The first-order chi connectivity index (χ1) is 8.97. The van der Waals surface area contributed by atoms with Gasteiger partial charge in [-0.05, 0) is 5.92 Å². The molecular weight excluding hydrogens is 246 g/mol. The average molecular weight is 267 g/mol. The molecule has 7 heteroatoms. The molecule has 1 atom stereocenters. The van der Waals surface area contributed by atoms with Crippen molar-refractivity contribution < 1.29 is 9.59 Å². The van der Waals surface area contributed by atoms with Gasteiger partial charge in [0, 0.05) is 19.8 Å². The molecule has 1 aromatic rings. The number of aromatic nitrogens is 2. The van der Waals surface area contributed by atoms with E-state index in [0.29, 0.717) is 12.2 Å². The maximum absolute atomic E-state index is 12.0.